The van der Waals surface area contributed by atoms with Crippen molar-refractivity contribution in [1.29, 1.82) is 0 Å². The van der Waals surface area contributed by atoms with Gasteiger partial charge in [0.2, 0.25) is 0 Å². The average molecular weight is 227 g/mol. The molecule has 0 bridgehead atoms. The molecule has 0 aliphatic heterocycles. The monoisotopic (exact) mass is 227 g/mol. The van der Waals surface area contributed by atoms with Crippen LogP contribution in [0.25, 0.3) is 0 Å². The van der Waals surface area contributed by atoms with E-state index in [1.54, 1.807) is 0 Å². The number of nitrogens with two attached hydrogens (primary N) is 1. The third kappa shape index (κ3) is 4.48. The number of allylic oxidation sites excluding steroid dienone is 2. The lowest BCUT2D eigenvalue weighted by Gasteiger charge is -2.07. The molecule has 1 amide bonds. The minimum atomic E-state index is -4.99. The first-order chi connectivity index (χ1) is 6.80. The molecule has 0 aromatic rings. The van der Waals surface area contributed by atoms with E-state index < -0.39 is 23.5 Å². The van der Waals surface area contributed by atoms with Gasteiger partial charge in [-0.25, -0.2) is 4.39 Å². The molecule has 0 spiro atoms. The Morgan fingerprint density at radius 3 is 2.33 bits per heavy atom. The maximum atomic E-state index is 12.7. The van der Waals surface area contributed by atoms with Gasteiger partial charge in [0.25, 0.3) is 5.91 Å². The van der Waals surface area contributed by atoms with Gasteiger partial charge in [0, 0.05) is 0 Å². The van der Waals surface area contributed by atoms with Gasteiger partial charge in [-0.15, -0.1) is 0 Å². The van der Waals surface area contributed by atoms with Gasteiger partial charge in [-0.2, -0.15) is 13.2 Å². The maximum absolute atomic E-state index is 12.7. The zero-order chi connectivity index (χ0) is 12.1. The van der Waals surface area contributed by atoms with Gasteiger partial charge in [-0.3, -0.25) is 4.79 Å². The lowest BCUT2D eigenvalue weighted by atomic mass is 10.2. The lowest BCUT2D eigenvalue weighted by molar-refractivity contribution is -0.118. The third-order valence-corrected chi connectivity index (χ3v) is 1.26. The second-order valence-corrected chi connectivity index (χ2v) is 2.35. The summed E-state index contributed by atoms with van der Waals surface area (Å²) in [4.78, 5) is 10.2. The van der Waals surface area contributed by atoms with Crippen molar-refractivity contribution in [2.24, 2.45) is 5.73 Å². The number of hydrogen-bond acceptors (Lipinski definition) is 2. The van der Waals surface area contributed by atoms with E-state index in [2.05, 4.69) is 10.5 Å². The van der Waals surface area contributed by atoms with Crippen LogP contribution in [0.5, 0.6) is 0 Å². The molecular formula is C8H9F4NO2. The van der Waals surface area contributed by atoms with Crippen LogP contribution in [0.15, 0.2) is 23.7 Å². The van der Waals surface area contributed by atoms with Crippen molar-refractivity contribution in [2.45, 2.75) is 13.1 Å². The van der Waals surface area contributed by atoms with Gasteiger partial charge in [-0.1, -0.05) is 0 Å². The van der Waals surface area contributed by atoms with Crippen molar-refractivity contribution >= 4 is 5.91 Å². The average Bonchev–Trinajstić information content (AvgIpc) is 2.09. The van der Waals surface area contributed by atoms with E-state index in [1.165, 1.54) is 6.92 Å². The molecule has 0 atom stereocenters. The molecule has 0 radical (unpaired) electrons. The first-order valence-corrected chi connectivity index (χ1v) is 3.85. The van der Waals surface area contributed by atoms with E-state index in [9.17, 15) is 22.4 Å². The van der Waals surface area contributed by atoms with Crippen LogP contribution in [-0.2, 0) is 9.53 Å². The van der Waals surface area contributed by atoms with Gasteiger partial charge in [0.15, 0.2) is 5.83 Å². The van der Waals surface area contributed by atoms with Crippen LogP contribution in [0.2, 0.25) is 0 Å². The number of carbonyl (C=O) groups excluding carboxylic acids is 1. The van der Waals surface area contributed by atoms with E-state index in [1.807, 2.05) is 0 Å². The van der Waals surface area contributed by atoms with Crippen molar-refractivity contribution in [2.75, 3.05) is 6.61 Å². The molecule has 0 rings (SSSR count). The summed E-state index contributed by atoms with van der Waals surface area (Å²) < 4.78 is 53.6. The Balaban J connectivity index is 5.08. The summed E-state index contributed by atoms with van der Waals surface area (Å²) in [7, 11) is 0. The molecular weight excluding hydrogens is 218 g/mol. The van der Waals surface area contributed by atoms with E-state index in [0.717, 1.165) is 0 Å². The van der Waals surface area contributed by atoms with Gasteiger partial charge in [0.1, 0.15) is 0 Å². The standard InChI is InChI=1S/C8H9F4NO2/c1-2-15-4-3-5(8(10,11)12)6(9)7(13)14/h3-4H,2H2,1H3,(H2,13,14)/b4-3+,6-5+. The summed E-state index contributed by atoms with van der Waals surface area (Å²) in [6, 6.07) is 0. The van der Waals surface area contributed by atoms with Crippen molar-refractivity contribution in [3.05, 3.63) is 23.7 Å². The Kier molecular flexibility index (Phi) is 4.83. The third-order valence-electron chi connectivity index (χ3n) is 1.26. The highest BCUT2D eigenvalue weighted by molar-refractivity contribution is 5.91. The lowest BCUT2D eigenvalue weighted by Crippen LogP contribution is -2.19. The van der Waals surface area contributed by atoms with Crippen LogP contribution in [-0.4, -0.2) is 18.7 Å². The molecule has 0 saturated heterocycles. The van der Waals surface area contributed by atoms with Gasteiger partial charge < -0.3 is 10.5 Å². The Bertz CT molecular complexity index is 294. The van der Waals surface area contributed by atoms with Crippen molar-refractivity contribution < 1.29 is 27.1 Å². The van der Waals surface area contributed by atoms with Crippen LogP contribution in [0.3, 0.4) is 0 Å². The topological polar surface area (TPSA) is 52.3 Å². The summed E-state index contributed by atoms with van der Waals surface area (Å²) in [5.41, 5.74) is 2.63. The van der Waals surface area contributed by atoms with Crippen LogP contribution < -0.4 is 5.73 Å². The fourth-order valence-electron chi connectivity index (χ4n) is 0.637. The second-order valence-electron chi connectivity index (χ2n) is 2.35. The van der Waals surface area contributed by atoms with Gasteiger partial charge >= 0.3 is 6.18 Å². The quantitative estimate of drug-likeness (QED) is 0.344. The zero-order valence-electron chi connectivity index (χ0n) is 7.77. The summed E-state index contributed by atoms with van der Waals surface area (Å²) >= 11 is 0. The van der Waals surface area contributed by atoms with Gasteiger partial charge in [0.05, 0.1) is 18.4 Å². The van der Waals surface area contributed by atoms with Gasteiger partial charge in [-0.05, 0) is 13.0 Å². The second kappa shape index (κ2) is 5.38. The molecule has 2 N–H and O–H groups in total. The number of amides is 1. The number of hydrogen-bond donors (Lipinski definition) is 1. The molecule has 3 nitrogen and oxygen atoms in total. The molecule has 0 aromatic heterocycles. The number of alkyl halides is 3. The molecule has 0 aromatic carbocycles. The summed E-state index contributed by atoms with van der Waals surface area (Å²) in [6.45, 7) is 1.66. The Morgan fingerprint density at radius 1 is 1.47 bits per heavy atom. The predicted octanol–water partition coefficient (Wildman–Crippen LogP) is 1.81. The summed E-state index contributed by atoms with van der Waals surface area (Å²) in [6.07, 6.45) is -4.04. The van der Waals surface area contributed by atoms with Crippen LogP contribution in [0.1, 0.15) is 6.92 Å². The molecule has 0 fully saturated rings. The smallest absolute Gasteiger partial charge is 0.419 e. The van der Waals surface area contributed by atoms with E-state index in [0.29, 0.717) is 12.3 Å². The molecule has 0 aliphatic rings. The van der Waals surface area contributed by atoms with E-state index >= 15 is 0 Å². The highest BCUT2D eigenvalue weighted by atomic mass is 19.4. The minimum Gasteiger partial charge on any atom is -0.501 e. The largest absolute Gasteiger partial charge is 0.501 e. The molecule has 0 unspecified atom stereocenters. The number of ether oxygens (including phenoxy) is 1. The van der Waals surface area contributed by atoms with Crippen LogP contribution in [0, 0.1) is 0 Å². The normalized spacial score (nSPS) is 13.9. The van der Waals surface area contributed by atoms with Crippen molar-refractivity contribution in [3.8, 4) is 0 Å². The molecule has 86 valence electrons. The highest BCUT2D eigenvalue weighted by Crippen LogP contribution is 2.29. The molecule has 15 heavy (non-hydrogen) atoms. The van der Waals surface area contributed by atoms with Crippen LogP contribution in [0.4, 0.5) is 17.6 Å². The van der Waals surface area contributed by atoms with E-state index in [-0.39, 0.29) is 6.61 Å². The number of carbonyl (C=O) groups is 1. The fourth-order valence-corrected chi connectivity index (χ4v) is 0.637. The number of rotatable bonds is 4. The maximum Gasteiger partial charge on any atom is 0.419 e. The summed E-state index contributed by atoms with van der Waals surface area (Å²) in [5, 5.41) is 0. The zero-order valence-corrected chi connectivity index (χ0v) is 7.77. The molecule has 7 heteroatoms. The van der Waals surface area contributed by atoms with Crippen molar-refractivity contribution in [1.82, 2.24) is 0 Å². The number of halogens is 4. The Morgan fingerprint density at radius 2 is 2.00 bits per heavy atom. The minimum absolute atomic E-state index is 0.125. The fraction of sp³-hybridized carbons (Fsp3) is 0.375. The Hall–Kier alpha value is -1.53. The van der Waals surface area contributed by atoms with Crippen LogP contribution >= 0.6 is 0 Å². The molecule has 0 saturated carbocycles. The summed E-state index contributed by atoms with van der Waals surface area (Å²) in [5.74, 6) is -3.82. The SMILES string of the molecule is CCO/C=C/C(=C(\F)C(N)=O)C(F)(F)F. The predicted molar refractivity (Wildman–Crippen MR) is 44.1 cm³/mol. The van der Waals surface area contributed by atoms with E-state index in [4.69, 9.17) is 0 Å². The highest BCUT2D eigenvalue weighted by Gasteiger charge is 2.36. The van der Waals surface area contributed by atoms with Crippen molar-refractivity contribution in [3.63, 3.8) is 0 Å². The molecule has 0 heterocycles. The number of primary amides is 1. The first-order valence-electron chi connectivity index (χ1n) is 3.85. The Labute approximate surface area is 83.2 Å². The molecule has 0 aliphatic carbocycles. The first kappa shape index (κ1) is 13.5.